The third-order valence-corrected chi connectivity index (χ3v) is 3.12. The lowest BCUT2D eigenvalue weighted by Gasteiger charge is -2.28. The van der Waals surface area contributed by atoms with Gasteiger partial charge in [-0.05, 0) is 25.1 Å². The van der Waals surface area contributed by atoms with Gasteiger partial charge in [-0.3, -0.25) is 4.79 Å². The first-order valence-electron chi connectivity index (χ1n) is 5.30. The summed E-state index contributed by atoms with van der Waals surface area (Å²) in [7, 11) is 0. The number of carbonyl (C=O) groups excluding carboxylic acids is 1. The number of Topliss-reactive ketones (excluding diaryl/α,β-unsaturated/α-hetero) is 1. The minimum absolute atomic E-state index is 0.0139. The summed E-state index contributed by atoms with van der Waals surface area (Å²) in [5, 5.41) is 0.857. The second kappa shape index (κ2) is 5.36. The Morgan fingerprint density at radius 2 is 2.18 bits per heavy atom. The molecule has 0 bridgehead atoms. The molecule has 0 spiro atoms. The van der Waals surface area contributed by atoms with E-state index in [1.807, 2.05) is 0 Å². The predicted molar refractivity (Wildman–Crippen MR) is 65.9 cm³/mol. The van der Waals surface area contributed by atoms with Crippen LogP contribution in [-0.2, 0) is 9.47 Å². The average molecular weight is 275 g/mol. The number of hydrogen-bond donors (Lipinski definition) is 0. The van der Waals surface area contributed by atoms with E-state index < -0.39 is 6.10 Å². The zero-order valence-electron chi connectivity index (χ0n) is 9.28. The Hall–Kier alpha value is -0.610. The van der Waals surface area contributed by atoms with Crippen LogP contribution in [-0.4, -0.2) is 31.2 Å². The standard InChI is InChI=1S/C12H12Cl2O3/c1-7(17-9-5-16-6-9)12(15)10-3-2-8(13)4-11(10)14/h2-4,7,9H,5-6H2,1H3. The number of ether oxygens (including phenoxy) is 2. The second-order valence-corrected chi connectivity index (χ2v) is 4.77. The molecule has 0 saturated carbocycles. The van der Waals surface area contributed by atoms with Gasteiger partial charge >= 0.3 is 0 Å². The average Bonchev–Trinajstić information content (AvgIpc) is 2.22. The Balaban J connectivity index is 2.07. The molecule has 1 aromatic rings. The highest BCUT2D eigenvalue weighted by atomic mass is 35.5. The maximum absolute atomic E-state index is 12.1. The molecule has 0 aliphatic carbocycles. The Kier molecular flexibility index (Phi) is 4.05. The first kappa shape index (κ1) is 12.8. The summed E-state index contributed by atoms with van der Waals surface area (Å²) in [5.41, 5.74) is 0.434. The summed E-state index contributed by atoms with van der Waals surface area (Å²) in [6.45, 7) is 2.81. The van der Waals surface area contributed by atoms with Gasteiger partial charge in [0, 0.05) is 10.6 Å². The summed E-state index contributed by atoms with van der Waals surface area (Å²) in [4.78, 5) is 12.1. The fourth-order valence-electron chi connectivity index (χ4n) is 1.55. The number of ketones is 1. The molecule has 1 unspecified atom stereocenters. The molecule has 1 heterocycles. The zero-order valence-corrected chi connectivity index (χ0v) is 10.8. The Bertz CT molecular complexity index is 430. The van der Waals surface area contributed by atoms with Crippen molar-refractivity contribution in [1.29, 1.82) is 0 Å². The van der Waals surface area contributed by atoms with E-state index in [0.29, 0.717) is 28.8 Å². The minimum Gasteiger partial charge on any atom is -0.376 e. The van der Waals surface area contributed by atoms with E-state index in [-0.39, 0.29) is 11.9 Å². The van der Waals surface area contributed by atoms with E-state index in [1.165, 1.54) is 0 Å². The first-order valence-corrected chi connectivity index (χ1v) is 6.06. The van der Waals surface area contributed by atoms with Crippen molar-refractivity contribution in [2.45, 2.75) is 19.1 Å². The highest BCUT2D eigenvalue weighted by molar-refractivity contribution is 6.37. The van der Waals surface area contributed by atoms with E-state index in [9.17, 15) is 4.79 Å². The molecule has 92 valence electrons. The van der Waals surface area contributed by atoms with E-state index >= 15 is 0 Å². The molecule has 0 radical (unpaired) electrons. The molecule has 2 rings (SSSR count). The van der Waals surface area contributed by atoms with Gasteiger partial charge in [-0.1, -0.05) is 23.2 Å². The summed E-state index contributed by atoms with van der Waals surface area (Å²) < 4.78 is 10.5. The van der Waals surface area contributed by atoms with Gasteiger partial charge in [-0.2, -0.15) is 0 Å². The van der Waals surface area contributed by atoms with E-state index in [1.54, 1.807) is 25.1 Å². The third kappa shape index (κ3) is 2.99. The van der Waals surface area contributed by atoms with Gasteiger partial charge in [0.05, 0.1) is 18.2 Å². The van der Waals surface area contributed by atoms with Crippen LogP contribution in [0.15, 0.2) is 18.2 Å². The van der Waals surface area contributed by atoms with Crippen LogP contribution in [0, 0.1) is 0 Å². The molecule has 1 atom stereocenters. The van der Waals surface area contributed by atoms with Crippen molar-refractivity contribution in [3.05, 3.63) is 33.8 Å². The zero-order chi connectivity index (χ0) is 12.4. The maximum atomic E-state index is 12.1. The van der Waals surface area contributed by atoms with Crippen LogP contribution in [0.2, 0.25) is 10.0 Å². The van der Waals surface area contributed by atoms with Gasteiger partial charge in [0.15, 0.2) is 5.78 Å². The van der Waals surface area contributed by atoms with Crippen LogP contribution in [0.3, 0.4) is 0 Å². The molecule has 1 aromatic carbocycles. The lowest BCUT2D eigenvalue weighted by Crippen LogP contribution is -2.40. The monoisotopic (exact) mass is 274 g/mol. The van der Waals surface area contributed by atoms with Crippen molar-refractivity contribution in [3.8, 4) is 0 Å². The largest absolute Gasteiger partial charge is 0.376 e. The molecule has 3 nitrogen and oxygen atoms in total. The SMILES string of the molecule is CC(OC1COC1)C(=O)c1ccc(Cl)cc1Cl. The van der Waals surface area contributed by atoms with E-state index in [4.69, 9.17) is 32.7 Å². The van der Waals surface area contributed by atoms with Crippen LogP contribution in [0.4, 0.5) is 0 Å². The second-order valence-electron chi connectivity index (χ2n) is 3.93. The smallest absolute Gasteiger partial charge is 0.192 e. The molecule has 5 heteroatoms. The quantitative estimate of drug-likeness (QED) is 0.792. The van der Waals surface area contributed by atoms with Gasteiger partial charge in [0.25, 0.3) is 0 Å². The lowest BCUT2D eigenvalue weighted by molar-refractivity contribution is -0.141. The molecule has 1 saturated heterocycles. The van der Waals surface area contributed by atoms with Crippen molar-refractivity contribution in [2.75, 3.05) is 13.2 Å². The highest BCUT2D eigenvalue weighted by Crippen LogP contribution is 2.23. The summed E-state index contributed by atoms with van der Waals surface area (Å²) in [6, 6.07) is 4.81. The summed E-state index contributed by atoms with van der Waals surface area (Å²) in [5.74, 6) is -0.140. The number of hydrogen-bond acceptors (Lipinski definition) is 3. The van der Waals surface area contributed by atoms with Crippen LogP contribution < -0.4 is 0 Å². The highest BCUT2D eigenvalue weighted by Gasteiger charge is 2.26. The number of rotatable bonds is 4. The minimum atomic E-state index is -0.525. The van der Waals surface area contributed by atoms with Gasteiger partial charge in [0.1, 0.15) is 12.2 Å². The Morgan fingerprint density at radius 3 is 2.71 bits per heavy atom. The molecule has 17 heavy (non-hydrogen) atoms. The topological polar surface area (TPSA) is 35.5 Å². The van der Waals surface area contributed by atoms with Crippen LogP contribution in [0.1, 0.15) is 17.3 Å². The van der Waals surface area contributed by atoms with Crippen LogP contribution in [0.25, 0.3) is 0 Å². The van der Waals surface area contributed by atoms with Crippen molar-refractivity contribution in [3.63, 3.8) is 0 Å². The number of halogens is 2. The predicted octanol–water partition coefficient (Wildman–Crippen LogP) is 2.98. The Labute approximate surface area is 110 Å². The normalized spacial score (nSPS) is 17.6. The van der Waals surface area contributed by atoms with Gasteiger partial charge in [-0.25, -0.2) is 0 Å². The van der Waals surface area contributed by atoms with Crippen LogP contribution >= 0.6 is 23.2 Å². The van der Waals surface area contributed by atoms with Gasteiger partial charge < -0.3 is 9.47 Å². The van der Waals surface area contributed by atoms with Crippen LogP contribution in [0.5, 0.6) is 0 Å². The van der Waals surface area contributed by atoms with Crippen molar-refractivity contribution in [1.82, 2.24) is 0 Å². The molecular formula is C12H12Cl2O3. The van der Waals surface area contributed by atoms with Crippen molar-refractivity contribution >= 4 is 29.0 Å². The molecule has 1 aliphatic heterocycles. The van der Waals surface area contributed by atoms with Gasteiger partial charge in [0.2, 0.25) is 0 Å². The van der Waals surface area contributed by atoms with Gasteiger partial charge in [-0.15, -0.1) is 0 Å². The number of carbonyl (C=O) groups is 1. The third-order valence-electron chi connectivity index (χ3n) is 2.57. The Morgan fingerprint density at radius 1 is 1.47 bits per heavy atom. The van der Waals surface area contributed by atoms with Crippen molar-refractivity contribution < 1.29 is 14.3 Å². The molecular weight excluding hydrogens is 263 g/mol. The van der Waals surface area contributed by atoms with E-state index in [0.717, 1.165) is 0 Å². The molecule has 1 fully saturated rings. The van der Waals surface area contributed by atoms with E-state index in [2.05, 4.69) is 0 Å². The molecule has 1 aliphatic rings. The lowest BCUT2D eigenvalue weighted by atomic mass is 10.1. The first-order chi connectivity index (χ1) is 8.08. The summed E-state index contributed by atoms with van der Waals surface area (Å²) >= 11 is 11.7. The fourth-order valence-corrected chi connectivity index (χ4v) is 2.05. The molecule has 0 N–H and O–H groups in total. The summed E-state index contributed by atoms with van der Waals surface area (Å²) in [6.07, 6.45) is -0.511. The molecule has 0 aromatic heterocycles. The number of benzene rings is 1. The van der Waals surface area contributed by atoms with Crippen molar-refractivity contribution in [2.24, 2.45) is 0 Å². The molecule has 0 amide bonds. The maximum Gasteiger partial charge on any atom is 0.192 e. The fraction of sp³-hybridized carbons (Fsp3) is 0.417.